The average Bonchev–Trinajstić information content (AvgIpc) is 2.83. The van der Waals surface area contributed by atoms with Crippen LogP contribution in [0.3, 0.4) is 0 Å². The third-order valence-electron chi connectivity index (χ3n) is 5.00. The number of carboxylic acid groups (broad SMARTS) is 1. The van der Waals surface area contributed by atoms with Gasteiger partial charge in [-0.1, -0.05) is 47.6 Å². The van der Waals surface area contributed by atoms with E-state index in [1.54, 1.807) is 28.0 Å². The van der Waals surface area contributed by atoms with Gasteiger partial charge in [-0.2, -0.15) is 0 Å². The predicted octanol–water partition coefficient (Wildman–Crippen LogP) is 4.83. The van der Waals surface area contributed by atoms with Crippen LogP contribution in [0.1, 0.15) is 16.7 Å². The molecule has 3 aromatic rings. The first-order valence-electron chi connectivity index (χ1n) is 11.1. The summed E-state index contributed by atoms with van der Waals surface area (Å²) >= 11 is 7.34. The fourth-order valence-electron chi connectivity index (χ4n) is 3.32. The van der Waals surface area contributed by atoms with E-state index < -0.39 is 5.97 Å². The Kier molecular flexibility index (Phi) is 9.32. The number of amides is 1. The highest BCUT2D eigenvalue weighted by molar-refractivity contribution is 7.98. The molecule has 0 aliphatic carbocycles. The number of hydrogen-bond acceptors (Lipinski definition) is 7. The van der Waals surface area contributed by atoms with E-state index in [-0.39, 0.29) is 12.3 Å². The summed E-state index contributed by atoms with van der Waals surface area (Å²) in [5, 5.41) is 13.4. The molecule has 10 heteroatoms. The van der Waals surface area contributed by atoms with Crippen LogP contribution in [0, 0.1) is 0 Å². The molecule has 0 radical (unpaired) electrons. The van der Waals surface area contributed by atoms with Crippen molar-refractivity contribution in [1.82, 2.24) is 9.97 Å². The molecule has 0 saturated carbocycles. The van der Waals surface area contributed by atoms with Gasteiger partial charge in [0.25, 0.3) is 0 Å². The minimum atomic E-state index is -0.933. The Morgan fingerprint density at radius 1 is 0.972 bits per heavy atom. The van der Waals surface area contributed by atoms with E-state index in [1.807, 2.05) is 64.6 Å². The number of nitrogens with one attached hydrogen (secondary N) is 1. The molecular weight excluding hydrogens is 498 g/mol. The number of carbonyl (C=O) groups excluding carboxylic acids is 1. The number of nitrogens with zero attached hydrogens (tertiary/aromatic N) is 4. The maximum Gasteiger partial charge on any atom is 0.308 e. The Labute approximate surface area is 220 Å². The van der Waals surface area contributed by atoms with E-state index in [1.165, 1.54) is 17.8 Å². The van der Waals surface area contributed by atoms with Gasteiger partial charge in [0.1, 0.15) is 11.6 Å². The van der Waals surface area contributed by atoms with Crippen molar-refractivity contribution in [2.75, 3.05) is 43.3 Å². The second kappa shape index (κ2) is 12.4. The molecule has 2 N–H and O–H groups in total. The molecule has 8 nitrogen and oxygen atoms in total. The molecule has 3 rings (SSSR count). The molecule has 0 saturated heterocycles. The molecule has 36 heavy (non-hydrogen) atoms. The summed E-state index contributed by atoms with van der Waals surface area (Å²) in [6.07, 6.45) is 3.04. The molecule has 0 spiro atoms. The number of thioether (sulfide) groups is 1. The highest BCUT2D eigenvalue weighted by Crippen LogP contribution is 2.30. The molecule has 1 aromatic heterocycles. The number of carbonyl (C=O) groups is 2. The Morgan fingerprint density at radius 2 is 1.56 bits per heavy atom. The lowest BCUT2D eigenvalue weighted by atomic mass is 10.2. The molecule has 0 bridgehead atoms. The number of aromatic nitrogens is 2. The van der Waals surface area contributed by atoms with Gasteiger partial charge in [-0.25, -0.2) is 9.97 Å². The first kappa shape index (κ1) is 27.0. The van der Waals surface area contributed by atoms with E-state index in [4.69, 9.17) is 11.6 Å². The van der Waals surface area contributed by atoms with Gasteiger partial charge in [0.05, 0.1) is 6.42 Å². The molecule has 1 heterocycles. The van der Waals surface area contributed by atoms with Crippen molar-refractivity contribution in [3.05, 3.63) is 76.3 Å². The summed E-state index contributed by atoms with van der Waals surface area (Å²) in [6, 6.07) is 14.8. The second-order valence-corrected chi connectivity index (χ2v) is 9.73. The molecule has 0 atom stereocenters. The van der Waals surface area contributed by atoms with Crippen LogP contribution >= 0.6 is 23.4 Å². The minimum Gasteiger partial charge on any atom is -0.481 e. The molecule has 0 fully saturated rings. The Hall–Kier alpha value is -3.56. The lowest BCUT2D eigenvalue weighted by Crippen LogP contribution is -2.21. The molecule has 0 unspecified atom stereocenters. The van der Waals surface area contributed by atoms with Gasteiger partial charge in [0.2, 0.25) is 5.91 Å². The largest absolute Gasteiger partial charge is 0.481 e. The van der Waals surface area contributed by atoms with Gasteiger partial charge in [-0.3, -0.25) is 9.59 Å². The first-order chi connectivity index (χ1) is 17.1. The lowest BCUT2D eigenvalue weighted by Gasteiger charge is -2.22. The highest BCUT2D eigenvalue weighted by Gasteiger charge is 2.20. The van der Waals surface area contributed by atoms with E-state index in [9.17, 15) is 14.7 Å². The van der Waals surface area contributed by atoms with Crippen molar-refractivity contribution in [2.24, 2.45) is 0 Å². The smallest absolute Gasteiger partial charge is 0.308 e. The fourth-order valence-corrected chi connectivity index (χ4v) is 4.23. The van der Waals surface area contributed by atoms with Crippen LogP contribution in [0.5, 0.6) is 0 Å². The van der Waals surface area contributed by atoms with Gasteiger partial charge in [0.15, 0.2) is 5.16 Å². The Balaban J connectivity index is 1.65. The van der Waals surface area contributed by atoms with E-state index in [0.717, 1.165) is 11.1 Å². The van der Waals surface area contributed by atoms with Gasteiger partial charge in [-0.15, -0.1) is 0 Å². The summed E-state index contributed by atoms with van der Waals surface area (Å²) in [7, 11) is 7.33. The van der Waals surface area contributed by atoms with Gasteiger partial charge >= 0.3 is 5.97 Å². The number of carboxylic acids is 1. The molecule has 0 aliphatic rings. The van der Waals surface area contributed by atoms with Crippen LogP contribution in [0.2, 0.25) is 5.02 Å². The number of aliphatic carboxylic acids is 1. The zero-order valence-corrected chi connectivity index (χ0v) is 22.1. The monoisotopic (exact) mass is 525 g/mol. The van der Waals surface area contributed by atoms with Crippen molar-refractivity contribution in [2.45, 2.75) is 17.3 Å². The van der Waals surface area contributed by atoms with Gasteiger partial charge in [-0.05, 0) is 41.5 Å². The summed E-state index contributed by atoms with van der Waals surface area (Å²) in [4.78, 5) is 36.4. The molecule has 188 valence electrons. The summed E-state index contributed by atoms with van der Waals surface area (Å²) < 4.78 is 0. The van der Waals surface area contributed by atoms with Crippen LogP contribution in [0.4, 0.5) is 17.3 Å². The maximum atomic E-state index is 12.2. The predicted molar refractivity (Wildman–Crippen MR) is 147 cm³/mol. The fraction of sp³-hybridized carbons (Fsp3) is 0.231. The minimum absolute atomic E-state index is 0.159. The van der Waals surface area contributed by atoms with Crippen LogP contribution < -0.4 is 15.1 Å². The lowest BCUT2D eigenvalue weighted by molar-refractivity contribution is -0.136. The first-order valence-corrected chi connectivity index (χ1v) is 12.4. The topological polar surface area (TPSA) is 98.7 Å². The molecule has 2 aromatic carbocycles. The third kappa shape index (κ3) is 7.73. The quantitative estimate of drug-likeness (QED) is 0.220. The zero-order valence-electron chi connectivity index (χ0n) is 20.5. The van der Waals surface area contributed by atoms with E-state index in [0.29, 0.717) is 38.8 Å². The second-order valence-electron chi connectivity index (χ2n) is 8.35. The molecule has 1 amide bonds. The SMILES string of the molecule is CN(C)c1nc(SCc2ccc(NC(=O)C=Cc3ccc(Cl)cc3)cc2)nc(N(C)C)c1CC(=O)O. The van der Waals surface area contributed by atoms with Crippen LogP contribution in [-0.2, 0) is 21.8 Å². The van der Waals surface area contributed by atoms with Crippen molar-refractivity contribution in [3.63, 3.8) is 0 Å². The van der Waals surface area contributed by atoms with Crippen LogP contribution in [-0.4, -0.2) is 55.1 Å². The number of hydrogen-bond donors (Lipinski definition) is 2. The normalized spacial score (nSPS) is 10.9. The van der Waals surface area contributed by atoms with Gasteiger partial charge in [0, 0.05) is 56.3 Å². The number of rotatable bonds is 10. The van der Waals surface area contributed by atoms with E-state index >= 15 is 0 Å². The molecular formula is C26H28ClN5O3S. The average molecular weight is 526 g/mol. The maximum absolute atomic E-state index is 12.2. The number of benzene rings is 2. The molecule has 0 aliphatic heterocycles. The Morgan fingerprint density at radius 3 is 2.08 bits per heavy atom. The summed E-state index contributed by atoms with van der Waals surface area (Å²) in [5.41, 5.74) is 3.18. The van der Waals surface area contributed by atoms with Crippen LogP contribution in [0.15, 0.2) is 59.8 Å². The van der Waals surface area contributed by atoms with Crippen molar-refractivity contribution in [3.8, 4) is 0 Å². The van der Waals surface area contributed by atoms with Gasteiger partial charge < -0.3 is 20.2 Å². The highest BCUT2D eigenvalue weighted by atomic mass is 35.5. The zero-order chi connectivity index (χ0) is 26.2. The van der Waals surface area contributed by atoms with Crippen molar-refractivity contribution >= 4 is 58.6 Å². The third-order valence-corrected chi connectivity index (χ3v) is 6.18. The number of anilines is 3. The Bertz CT molecular complexity index is 1220. The standard InChI is InChI=1S/C26H28ClN5O3S/c1-31(2)24-21(15-23(34)35)25(32(3)4)30-26(29-24)36-16-18-7-12-20(13-8-18)28-22(33)14-9-17-5-10-19(27)11-6-17/h5-14H,15-16H2,1-4H3,(H,28,33)(H,34,35). The van der Waals surface area contributed by atoms with E-state index in [2.05, 4.69) is 15.3 Å². The number of halogens is 1. The van der Waals surface area contributed by atoms with Crippen LogP contribution in [0.25, 0.3) is 6.08 Å². The van der Waals surface area contributed by atoms with Crippen molar-refractivity contribution < 1.29 is 14.7 Å². The van der Waals surface area contributed by atoms with Crippen molar-refractivity contribution in [1.29, 1.82) is 0 Å². The summed E-state index contributed by atoms with van der Waals surface area (Å²) in [6.45, 7) is 0. The summed E-state index contributed by atoms with van der Waals surface area (Å²) in [5.74, 6) is 0.627.